The highest BCUT2D eigenvalue weighted by atomic mass is 32.1. The number of hydrogen-bond donors (Lipinski definition) is 1. The molecule has 2 heterocycles. The molecule has 1 aliphatic rings. The van der Waals surface area contributed by atoms with E-state index >= 15 is 0 Å². The van der Waals surface area contributed by atoms with E-state index in [1.807, 2.05) is 0 Å². The van der Waals surface area contributed by atoms with Gasteiger partial charge in [-0.1, -0.05) is 0 Å². The predicted octanol–water partition coefficient (Wildman–Crippen LogP) is 2.48. The molecule has 2 N–H and O–H groups in total. The molecule has 0 aliphatic carbocycles. The lowest BCUT2D eigenvalue weighted by Gasteiger charge is -2.22. The van der Waals surface area contributed by atoms with Gasteiger partial charge in [-0.2, -0.15) is 0 Å². The molecule has 0 saturated carbocycles. The standard InChI is InChI=1S/C11H17NOS/c1-7-9(3-5-13-7)11(12)10-4-6-14-8(10)2/h4,6-7,9,11H,3,5,12H2,1-2H3. The van der Waals surface area contributed by atoms with Gasteiger partial charge in [0, 0.05) is 23.4 Å². The van der Waals surface area contributed by atoms with Crippen LogP contribution in [0.1, 0.15) is 29.8 Å². The van der Waals surface area contributed by atoms with Crippen molar-refractivity contribution in [3.63, 3.8) is 0 Å². The van der Waals surface area contributed by atoms with Gasteiger partial charge in [0.2, 0.25) is 0 Å². The van der Waals surface area contributed by atoms with E-state index in [4.69, 9.17) is 10.5 Å². The Balaban J connectivity index is 2.15. The molecule has 3 unspecified atom stereocenters. The minimum atomic E-state index is 0.152. The van der Waals surface area contributed by atoms with Crippen LogP contribution in [0, 0.1) is 12.8 Å². The van der Waals surface area contributed by atoms with Crippen LogP contribution in [0.15, 0.2) is 11.4 Å². The van der Waals surface area contributed by atoms with Crippen LogP contribution >= 0.6 is 11.3 Å². The molecule has 2 nitrogen and oxygen atoms in total. The zero-order valence-corrected chi connectivity index (χ0v) is 9.51. The fraction of sp³-hybridized carbons (Fsp3) is 0.636. The zero-order valence-electron chi connectivity index (χ0n) is 8.69. The van der Waals surface area contributed by atoms with Crippen LogP contribution in [0.4, 0.5) is 0 Å². The lowest BCUT2D eigenvalue weighted by atomic mass is 9.89. The Morgan fingerprint density at radius 1 is 1.64 bits per heavy atom. The fourth-order valence-electron chi connectivity index (χ4n) is 2.19. The molecule has 3 atom stereocenters. The third-order valence-electron chi connectivity index (χ3n) is 3.15. The van der Waals surface area contributed by atoms with Gasteiger partial charge in [-0.3, -0.25) is 0 Å². The Morgan fingerprint density at radius 3 is 2.93 bits per heavy atom. The first-order valence-corrected chi connectivity index (χ1v) is 5.99. The molecule has 1 fully saturated rings. The van der Waals surface area contributed by atoms with E-state index in [0.717, 1.165) is 13.0 Å². The normalized spacial score (nSPS) is 29.4. The topological polar surface area (TPSA) is 35.2 Å². The molecule has 0 amide bonds. The van der Waals surface area contributed by atoms with E-state index in [-0.39, 0.29) is 6.04 Å². The van der Waals surface area contributed by atoms with Crippen molar-refractivity contribution in [3.05, 3.63) is 21.9 Å². The third-order valence-corrected chi connectivity index (χ3v) is 4.02. The van der Waals surface area contributed by atoms with Gasteiger partial charge >= 0.3 is 0 Å². The quantitative estimate of drug-likeness (QED) is 0.815. The van der Waals surface area contributed by atoms with Crippen LogP contribution in [-0.2, 0) is 4.74 Å². The maximum absolute atomic E-state index is 6.26. The second kappa shape index (κ2) is 4.01. The van der Waals surface area contributed by atoms with Crippen molar-refractivity contribution in [3.8, 4) is 0 Å². The number of hydrogen-bond acceptors (Lipinski definition) is 3. The van der Waals surface area contributed by atoms with Gasteiger partial charge in [0.15, 0.2) is 0 Å². The number of nitrogens with two attached hydrogens (primary N) is 1. The Bertz CT molecular complexity index is 310. The first kappa shape index (κ1) is 10.1. The Hall–Kier alpha value is -0.380. The van der Waals surface area contributed by atoms with Crippen molar-refractivity contribution in [1.82, 2.24) is 0 Å². The minimum absolute atomic E-state index is 0.152. The van der Waals surface area contributed by atoms with Crippen LogP contribution in [0.3, 0.4) is 0 Å². The van der Waals surface area contributed by atoms with Crippen LogP contribution in [-0.4, -0.2) is 12.7 Å². The lowest BCUT2D eigenvalue weighted by molar-refractivity contribution is 0.0995. The molecular formula is C11H17NOS. The van der Waals surface area contributed by atoms with Gasteiger partial charge < -0.3 is 10.5 Å². The molecule has 1 aliphatic heterocycles. The predicted molar refractivity (Wildman–Crippen MR) is 59.5 cm³/mol. The lowest BCUT2D eigenvalue weighted by Crippen LogP contribution is -2.26. The van der Waals surface area contributed by atoms with Crippen LogP contribution in [0.2, 0.25) is 0 Å². The number of thiophene rings is 1. The van der Waals surface area contributed by atoms with Crippen molar-refractivity contribution in [2.24, 2.45) is 11.7 Å². The summed E-state index contributed by atoms with van der Waals surface area (Å²) in [5.74, 6) is 0.489. The smallest absolute Gasteiger partial charge is 0.0594 e. The molecule has 0 radical (unpaired) electrons. The molecule has 0 spiro atoms. The summed E-state index contributed by atoms with van der Waals surface area (Å²) < 4.78 is 5.55. The molecule has 0 bridgehead atoms. The summed E-state index contributed by atoms with van der Waals surface area (Å²) >= 11 is 1.77. The van der Waals surface area contributed by atoms with Crippen molar-refractivity contribution in [1.29, 1.82) is 0 Å². The summed E-state index contributed by atoms with van der Waals surface area (Å²) in [7, 11) is 0. The second-order valence-corrected chi connectivity index (χ2v) is 5.11. The number of rotatable bonds is 2. The molecule has 0 aromatic carbocycles. The second-order valence-electron chi connectivity index (χ2n) is 3.99. The van der Waals surface area contributed by atoms with Crippen molar-refractivity contribution in [2.45, 2.75) is 32.4 Å². The zero-order chi connectivity index (χ0) is 10.1. The summed E-state index contributed by atoms with van der Waals surface area (Å²) in [6.07, 6.45) is 1.40. The van der Waals surface area contributed by atoms with E-state index in [2.05, 4.69) is 25.3 Å². The van der Waals surface area contributed by atoms with Gasteiger partial charge in [0.25, 0.3) is 0 Å². The Labute approximate surface area is 89.1 Å². The Kier molecular flexibility index (Phi) is 2.91. The molecule has 1 saturated heterocycles. The number of ether oxygens (including phenoxy) is 1. The summed E-state index contributed by atoms with van der Waals surface area (Å²) in [5.41, 5.74) is 7.57. The molecule has 2 rings (SSSR count). The molecular weight excluding hydrogens is 194 g/mol. The highest BCUT2D eigenvalue weighted by molar-refractivity contribution is 7.10. The van der Waals surface area contributed by atoms with E-state index in [1.54, 1.807) is 11.3 Å². The average Bonchev–Trinajstić information content (AvgIpc) is 2.73. The van der Waals surface area contributed by atoms with Crippen LogP contribution in [0.25, 0.3) is 0 Å². The van der Waals surface area contributed by atoms with Gasteiger partial charge in [-0.05, 0) is 37.3 Å². The first-order chi connectivity index (χ1) is 6.70. The van der Waals surface area contributed by atoms with E-state index in [0.29, 0.717) is 12.0 Å². The van der Waals surface area contributed by atoms with E-state index in [9.17, 15) is 0 Å². The van der Waals surface area contributed by atoms with E-state index < -0.39 is 0 Å². The third kappa shape index (κ3) is 1.72. The summed E-state index contributed by atoms with van der Waals surface area (Å²) in [4.78, 5) is 1.34. The molecule has 1 aromatic rings. The van der Waals surface area contributed by atoms with Crippen LogP contribution in [0.5, 0.6) is 0 Å². The number of aryl methyl sites for hydroxylation is 1. The van der Waals surface area contributed by atoms with Gasteiger partial charge in [0.1, 0.15) is 0 Å². The molecule has 14 heavy (non-hydrogen) atoms. The summed E-state index contributed by atoms with van der Waals surface area (Å²) in [6.45, 7) is 5.13. The van der Waals surface area contributed by atoms with Crippen molar-refractivity contribution in [2.75, 3.05) is 6.61 Å². The van der Waals surface area contributed by atoms with Gasteiger partial charge in [-0.25, -0.2) is 0 Å². The van der Waals surface area contributed by atoms with Gasteiger partial charge in [-0.15, -0.1) is 11.3 Å². The molecule has 1 aromatic heterocycles. The van der Waals surface area contributed by atoms with Gasteiger partial charge in [0.05, 0.1) is 6.10 Å². The summed E-state index contributed by atoms with van der Waals surface area (Å²) in [5, 5.41) is 2.12. The highest BCUT2D eigenvalue weighted by Crippen LogP contribution is 2.34. The Morgan fingerprint density at radius 2 is 2.43 bits per heavy atom. The van der Waals surface area contributed by atoms with Crippen molar-refractivity contribution >= 4 is 11.3 Å². The fourth-order valence-corrected chi connectivity index (χ4v) is 2.95. The first-order valence-electron chi connectivity index (χ1n) is 5.11. The van der Waals surface area contributed by atoms with E-state index in [1.165, 1.54) is 10.4 Å². The average molecular weight is 211 g/mol. The summed E-state index contributed by atoms with van der Waals surface area (Å²) in [6, 6.07) is 2.30. The SMILES string of the molecule is Cc1sccc1C(N)C1CCOC1C. The minimum Gasteiger partial charge on any atom is -0.378 e. The molecule has 3 heteroatoms. The monoisotopic (exact) mass is 211 g/mol. The largest absolute Gasteiger partial charge is 0.378 e. The van der Waals surface area contributed by atoms with Crippen LogP contribution < -0.4 is 5.73 Å². The van der Waals surface area contributed by atoms with Crippen molar-refractivity contribution < 1.29 is 4.74 Å². The highest BCUT2D eigenvalue weighted by Gasteiger charge is 2.31. The maximum Gasteiger partial charge on any atom is 0.0594 e. The maximum atomic E-state index is 6.26. The molecule has 78 valence electrons.